The van der Waals surface area contributed by atoms with Gasteiger partial charge in [-0.2, -0.15) is 0 Å². The van der Waals surface area contributed by atoms with Crippen LogP contribution in [0.2, 0.25) is 5.02 Å². The first-order valence-corrected chi connectivity index (χ1v) is 7.16. The van der Waals surface area contributed by atoms with Gasteiger partial charge in [-0.1, -0.05) is 36.7 Å². The van der Waals surface area contributed by atoms with Crippen LogP contribution in [0.25, 0.3) is 0 Å². The number of hydrogen-bond acceptors (Lipinski definition) is 2. The minimum Gasteiger partial charge on any atom is -0.494 e. The predicted molar refractivity (Wildman–Crippen MR) is 82.5 cm³/mol. The number of hydrogen-bond donors (Lipinski definition) is 1. The van der Waals surface area contributed by atoms with Crippen molar-refractivity contribution in [1.82, 2.24) is 0 Å². The molecule has 0 aliphatic heterocycles. The van der Waals surface area contributed by atoms with Gasteiger partial charge in [0.1, 0.15) is 11.9 Å². The van der Waals surface area contributed by atoms with E-state index in [0.717, 1.165) is 28.9 Å². The highest BCUT2D eigenvalue weighted by Crippen LogP contribution is 2.28. The van der Waals surface area contributed by atoms with Gasteiger partial charge in [-0.25, -0.2) is 0 Å². The van der Waals surface area contributed by atoms with Crippen LogP contribution in [0.1, 0.15) is 36.1 Å². The Morgan fingerprint density at radius 3 is 2.50 bits per heavy atom. The van der Waals surface area contributed by atoms with Crippen molar-refractivity contribution in [2.45, 2.75) is 26.4 Å². The fourth-order valence-corrected chi connectivity index (χ4v) is 2.23. The topological polar surface area (TPSA) is 29.5 Å². The molecular formula is C17H19ClO2. The zero-order valence-corrected chi connectivity index (χ0v) is 12.5. The van der Waals surface area contributed by atoms with Crippen molar-refractivity contribution >= 4 is 11.6 Å². The van der Waals surface area contributed by atoms with Crippen molar-refractivity contribution in [3.05, 3.63) is 64.2 Å². The van der Waals surface area contributed by atoms with E-state index in [1.807, 2.05) is 49.4 Å². The Kier molecular flexibility index (Phi) is 5.05. The molecule has 1 unspecified atom stereocenters. The molecule has 2 nitrogen and oxygen atoms in total. The van der Waals surface area contributed by atoms with E-state index in [2.05, 4.69) is 6.92 Å². The summed E-state index contributed by atoms with van der Waals surface area (Å²) in [5.74, 6) is 0.825. The van der Waals surface area contributed by atoms with Gasteiger partial charge in [-0.05, 0) is 54.3 Å². The standard InChI is InChI=1S/C17H19ClO2/c1-3-10-20-15-8-5-13(6-9-15)17(19)16-11-14(18)7-4-12(16)2/h4-9,11,17,19H,3,10H2,1-2H3. The maximum atomic E-state index is 10.5. The monoisotopic (exact) mass is 290 g/mol. The molecule has 0 saturated carbocycles. The highest BCUT2D eigenvalue weighted by Gasteiger charge is 2.13. The Morgan fingerprint density at radius 2 is 1.85 bits per heavy atom. The van der Waals surface area contributed by atoms with E-state index < -0.39 is 6.10 Å². The minimum absolute atomic E-state index is 0.632. The van der Waals surface area contributed by atoms with Gasteiger partial charge in [0.05, 0.1) is 6.61 Å². The molecule has 2 rings (SSSR count). The summed E-state index contributed by atoms with van der Waals surface area (Å²) in [4.78, 5) is 0. The molecule has 20 heavy (non-hydrogen) atoms. The molecule has 1 N–H and O–H groups in total. The van der Waals surface area contributed by atoms with Crippen molar-refractivity contribution in [2.75, 3.05) is 6.61 Å². The van der Waals surface area contributed by atoms with E-state index in [0.29, 0.717) is 11.6 Å². The quantitative estimate of drug-likeness (QED) is 0.877. The second-order valence-corrected chi connectivity index (χ2v) is 5.26. The lowest BCUT2D eigenvalue weighted by Gasteiger charge is -2.15. The van der Waals surface area contributed by atoms with Crippen LogP contribution in [-0.4, -0.2) is 11.7 Å². The number of aliphatic hydroxyl groups is 1. The molecule has 0 aliphatic carbocycles. The summed E-state index contributed by atoms with van der Waals surface area (Å²) in [5, 5.41) is 11.1. The Hall–Kier alpha value is -1.51. The molecule has 0 bridgehead atoms. The van der Waals surface area contributed by atoms with Gasteiger partial charge in [0.25, 0.3) is 0 Å². The van der Waals surface area contributed by atoms with Crippen LogP contribution in [0.4, 0.5) is 0 Å². The summed E-state index contributed by atoms with van der Waals surface area (Å²) in [6.45, 7) is 4.74. The van der Waals surface area contributed by atoms with Gasteiger partial charge in [0, 0.05) is 5.02 Å². The number of rotatable bonds is 5. The van der Waals surface area contributed by atoms with E-state index in [-0.39, 0.29) is 0 Å². The summed E-state index contributed by atoms with van der Waals surface area (Å²) in [7, 11) is 0. The van der Waals surface area contributed by atoms with Crippen LogP contribution in [0.15, 0.2) is 42.5 Å². The average molecular weight is 291 g/mol. The molecule has 0 spiro atoms. The highest BCUT2D eigenvalue weighted by molar-refractivity contribution is 6.30. The summed E-state index contributed by atoms with van der Waals surface area (Å²) < 4.78 is 5.54. The molecule has 0 fully saturated rings. The number of aryl methyl sites for hydroxylation is 1. The maximum absolute atomic E-state index is 10.5. The van der Waals surface area contributed by atoms with Crippen LogP contribution in [0.5, 0.6) is 5.75 Å². The zero-order chi connectivity index (χ0) is 14.5. The fraction of sp³-hybridized carbons (Fsp3) is 0.294. The van der Waals surface area contributed by atoms with Gasteiger partial charge < -0.3 is 9.84 Å². The first-order valence-electron chi connectivity index (χ1n) is 6.78. The molecular weight excluding hydrogens is 272 g/mol. The second-order valence-electron chi connectivity index (χ2n) is 4.82. The molecule has 106 valence electrons. The van der Waals surface area contributed by atoms with Crippen molar-refractivity contribution in [3.63, 3.8) is 0 Å². The summed E-state index contributed by atoms with van der Waals surface area (Å²) in [6.07, 6.45) is 0.306. The summed E-state index contributed by atoms with van der Waals surface area (Å²) >= 11 is 6.00. The smallest absolute Gasteiger partial charge is 0.119 e. The highest BCUT2D eigenvalue weighted by atomic mass is 35.5. The third kappa shape index (κ3) is 3.53. The largest absolute Gasteiger partial charge is 0.494 e. The molecule has 0 heterocycles. The van der Waals surface area contributed by atoms with E-state index in [4.69, 9.17) is 16.3 Å². The van der Waals surface area contributed by atoms with Crippen LogP contribution in [0, 0.1) is 6.92 Å². The van der Waals surface area contributed by atoms with E-state index in [9.17, 15) is 5.11 Å². The number of aliphatic hydroxyl groups excluding tert-OH is 1. The second kappa shape index (κ2) is 6.78. The molecule has 0 saturated heterocycles. The molecule has 0 radical (unpaired) electrons. The number of halogens is 1. The van der Waals surface area contributed by atoms with Gasteiger partial charge in [0.15, 0.2) is 0 Å². The average Bonchev–Trinajstić information content (AvgIpc) is 2.47. The Labute approximate surface area is 125 Å². The van der Waals surface area contributed by atoms with Gasteiger partial charge >= 0.3 is 0 Å². The van der Waals surface area contributed by atoms with Crippen molar-refractivity contribution in [3.8, 4) is 5.75 Å². The lowest BCUT2D eigenvalue weighted by Crippen LogP contribution is -2.02. The van der Waals surface area contributed by atoms with E-state index >= 15 is 0 Å². The molecule has 3 heteroatoms. The third-order valence-electron chi connectivity index (χ3n) is 3.20. The Morgan fingerprint density at radius 1 is 1.15 bits per heavy atom. The first kappa shape index (κ1) is 14.9. The third-order valence-corrected chi connectivity index (χ3v) is 3.44. The van der Waals surface area contributed by atoms with E-state index in [1.54, 1.807) is 0 Å². The lowest BCUT2D eigenvalue weighted by atomic mass is 9.97. The molecule has 0 aromatic heterocycles. The van der Waals surface area contributed by atoms with Crippen LogP contribution in [-0.2, 0) is 0 Å². The van der Waals surface area contributed by atoms with Gasteiger partial charge in [0.2, 0.25) is 0 Å². The van der Waals surface area contributed by atoms with Crippen molar-refractivity contribution in [1.29, 1.82) is 0 Å². The van der Waals surface area contributed by atoms with Crippen LogP contribution in [0.3, 0.4) is 0 Å². The zero-order valence-electron chi connectivity index (χ0n) is 11.8. The van der Waals surface area contributed by atoms with Crippen LogP contribution >= 0.6 is 11.6 Å². The molecule has 0 amide bonds. The Bertz CT molecular complexity index is 564. The van der Waals surface area contributed by atoms with Gasteiger partial charge in [-0.15, -0.1) is 0 Å². The van der Waals surface area contributed by atoms with Crippen molar-refractivity contribution in [2.24, 2.45) is 0 Å². The normalized spacial score (nSPS) is 12.2. The maximum Gasteiger partial charge on any atom is 0.119 e. The number of ether oxygens (including phenoxy) is 1. The number of benzene rings is 2. The van der Waals surface area contributed by atoms with Crippen LogP contribution < -0.4 is 4.74 Å². The summed E-state index contributed by atoms with van der Waals surface area (Å²) in [5.41, 5.74) is 2.69. The minimum atomic E-state index is -0.672. The lowest BCUT2D eigenvalue weighted by molar-refractivity contribution is 0.219. The van der Waals surface area contributed by atoms with E-state index in [1.165, 1.54) is 0 Å². The predicted octanol–water partition coefficient (Wildman–Crippen LogP) is 4.52. The molecule has 0 aliphatic rings. The molecule has 1 atom stereocenters. The Balaban J connectivity index is 2.20. The summed E-state index contributed by atoms with van der Waals surface area (Å²) in [6, 6.07) is 13.1. The first-order chi connectivity index (χ1) is 9.61. The fourth-order valence-electron chi connectivity index (χ4n) is 2.05. The SMILES string of the molecule is CCCOc1ccc(C(O)c2cc(Cl)ccc2C)cc1. The molecule has 2 aromatic carbocycles. The van der Waals surface area contributed by atoms with Crippen molar-refractivity contribution < 1.29 is 9.84 Å². The molecule has 2 aromatic rings. The van der Waals surface area contributed by atoms with Gasteiger partial charge in [-0.3, -0.25) is 0 Å².